The summed E-state index contributed by atoms with van der Waals surface area (Å²) in [7, 11) is 0. The van der Waals surface area contributed by atoms with Gasteiger partial charge in [-0.25, -0.2) is 14.7 Å². The predicted molar refractivity (Wildman–Crippen MR) is 117 cm³/mol. The molecule has 0 N–H and O–H groups in total. The molecule has 11 heteroatoms. The van der Waals surface area contributed by atoms with Crippen LogP contribution >= 0.6 is 11.8 Å². The average Bonchev–Trinajstić information content (AvgIpc) is 3.23. The Bertz CT molecular complexity index is 1100. The van der Waals surface area contributed by atoms with Gasteiger partial charge in [0.25, 0.3) is 5.91 Å². The molecule has 0 saturated carbocycles. The van der Waals surface area contributed by atoms with Gasteiger partial charge < -0.3 is 4.90 Å². The second-order valence-corrected chi connectivity index (χ2v) is 9.38. The van der Waals surface area contributed by atoms with Crippen molar-refractivity contribution in [2.24, 2.45) is 0 Å². The summed E-state index contributed by atoms with van der Waals surface area (Å²) in [6, 6.07) is 7.95. The zero-order valence-corrected chi connectivity index (χ0v) is 18.7. The number of carbonyl (C=O) groups is 3. The third-order valence-electron chi connectivity index (χ3n) is 5.68. The number of aromatic nitrogens is 1. The van der Waals surface area contributed by atoms with Crippen molar-refractivity contribution in [1.82, 2.24) is 9.88 Å². The fraction of sp³-hybridized carbons (Fsp3) is 0.364. The Morgan fingerprint density at radius 2 is 1.79 bits per heavy atom. The highest BCUT2D eigenvalue weighted by atomic mass is 32.2. The Morgan fingerprint density at radius 3 is 2.39 bits per heavy atom. The molecule has 3 heterocycles. The maximum absolute atomic E-state index is 13.3. The summed E-state index contributed by atoms with van der Waals surface area (Å²) < 4.78 is 37.8. The van der Waals surface area contributed by atoms with Crippen LogP contribution < -0.4 is 9.80 Å². The van der Waals surface area contributed by atoms with Crippen LogP contribution in [0.1, 0.15) is 32.3 Å². The minimum atomic E-state index is -4.43. The van der Waals surface area contributed by atoms with E-state index in [1.54, 1.807) is 37.1 Å². The molecule has 0 atom stereocenters. The monoisotopic (exact) mass is 478 g/mol. The number of halogens is 3. The largest absolute Gasteiger partial charge is 0.446 e. The van der Waals surface area contributed by atoms with Gasteiger partial charge in [0.15, 0.2) is 0 Å². The Hall–Kier alpha value is -3.08. The van der Waals surface area contributed by atoms with E-state index in [1.807, 2.05) is 0 Å². The molecule has 0 radical (unpaired) electrons. The van der Waals surface area contributed by atoms with E-state index < -0.39 is 23.0 Å². The molecule has 0 bridgehead atoms. The number of alkyl halides is 3. The van der Waals surface area contributed by atoms with Crippen LogP contribution in [0.5, 0.6) is 0 Å². The number of benzene rings is 1. The first-order valence-corrected chi connectivity index (χ1v) is 11.1. The van der Waals surface area contributed by atoms with Crippen molar-refractivity contribution < 1.29 is 27.6 Å². The molecule has 33 heavy (non-hydrogen) atoms. The number of amides is 4. The smallest absolute Gasteiger partial charge is 0.305 e. The van der Waals surface area contributed by atoms with Crippen LogP contribution in [-0.2, 0) is 16.1 Å². The lowest BCUT2D eigenvalue weighted by molar-refractivity contribution is -0.123. The SMILES string of the molecule is CC1(C)C(=O)N(c2ccc(SC(F)(F)F)cc2)C(=O)N1Cc1cccnc1N1CCCC1=O. The maximum Gasteiger partial charge on any atom is 0.446 e. The van der Waals surface area contributed by atoms with Gasteiger partial charge in [-0.3, -0.25) is 14.5 Å². The third-order valence-corrected chi connectivity index (χ3v) is 6.42. The number of pyridine rings is 1. The molecule has 0 aliphatic carbocycles. The molecular formula is C22H21F3N4O3S. The lowest BCUT2D eigenvalue weighted by Crippen LogP contribution is -2.44. The molecule has 1 aromatic heterocycles. The second kappa shape index (κ2) is 8.36. The van der Waals surface area contributed by atoms with Crippen molar-refractivity contribution in [3.63, 3.8) is 0 Å². The number of urea groups is 1. The normalized spacial score (nSPS) is 18.6. The van der Waals surface area contributed by atoms with Gasteiger partial charge in [0, 0.05) is 29.6 Å². The van der Waals surface area contributed by atoms with Crippen LogP contribution in [0.2, 0.25) is 0 Å². The van der Waals surface area contributed by atoms with Crippen LogP contribution in [0.15, 0.2) is 47.5 Å². The van der Waals surface area contributed by atoms with Crippen LogP contribution in [0.3, 0.4) is 0 Å². The lowest BCUT2D eigenvalue weighted by Gasteiger charge is -2.29. The molecular weight excluding hydrogens is 457 g/mol. The van der Waals surface area contributed by atoms with Gasteiger partial charge in [-0.1, -0.05) is 6.07 Å². The molecule has 174 valence electrons. The van der Waals surface area contributed by atoms with E-state index in [9.17, 15) is 27.6 Å². The standard InChI is InChI=1S/C22H21F3N4O3S/c1-21(2)19(31)29(15-7-9-16(10-8-15)33-22(23,24)25)20(32)28(21)13-14-5-3-11-26-18(14)27-12-4-6-17(27)30/h3,5,7-11H,4,6,12-13H2,1-2H3. The van der Waals surface area contributed by atoms with Gasteiger partial charge in [0.2, 0.25) is 5.91 Å². The van der Waals surface area contributed by atoms with Crippen LogP contribution in [0.4, 0.5) is 29.5 Å². The predicted octanol–water partition coefficient (Wildman–Crippen LogP) is 4.57. The van der Waals surface area contributed by atoms with E-state index in [1.165, 1.54) is 29.2 Å². The highest BCUT2D eigenvalue weighted by Gasteiger charge is 2.52. The number of hydrogen-bond acceptors (Lipinski definition) is 5. The summed E-state index contributed by atoms with van der Waals surface area (Å²) in [5.41, 5.74) is -4.83. The van der Waals surface area contributed by atoms with Crippen LogP contribution in [0.25, 0.3) is 0 Å². The number of nitrogens with zero attached hydrogens (tertiary/aromatic N) is 4. The first-order chi connectivity index (χ1) is 15.5. The lowest BCUT2D eigenvalue weighted by atomic mass is 10.0. The minimum Gasteiger partial charge on any atom is -0.305 e. The summed E-state index contributed by atoms with van der Waals surface area (Å²) in [4.78, 5) is 46.9. The quantitative estimate of drug-likeness (QED) is 0.465. The summed E-state index contributed by atoms with van der Waals surface area (Å²) in [5, 5.41) is 0. The van der Waals surface area contributed by atoms with Gasteiger partial charge in [-0.2, -0.15) is 13.2 Å². The molecule has 2 fully saturated rings. The first-order valence-electron chi connectivity index (χ1n) is 10.3. The van der Waals surface area contributed by atoms with Gasteiger partial charge in [0.05, 0.1) is 12.2 Å². The molecule has 2 aliphatic heterocycles. The number of anilines is 2. The van der Waals surface area contributed by atoms with Crippen molar-refractivity contribution in [3.05, 3.63) is 48.2 Å². The van der Waals surface area contributed by atoms with E-state index in [0.717, 1.165) is 11.3 Å². The summed E-state index contributed by atoms with van der Waals surface area (Å²) in [6.45, 7) is 3.80. The first kappa shape index (κ1) is 23.1. The summed E-state index contributed by atoms with van der Waals surface area (Å²) >= 11 is -0.268. The molecule has 2 saturated heterocycles. The third kappa shape index (κ3) is 4.41. The number of imide groups is 1. The zero-order valence-electron chi connectivity index (χ0n) is 17.9. The van der Waals surface area contributed by atoms with Crippen LogP contribution in [-0.4, -0.2) is 45.3 Å². The van der Waals surface area contributed by atoms with E-state index in [0.29, 0.717) is 24.3 Å². The number of carbonyl (C=O) groups excluding carboxylic acids is 3. The van der Waals surface area contributed by atoms with Crippen molar-refractivity contribution in [2.75, 3.05) is 16.3 Å². The molecule has 0 unspecified atom stereocenters. The Labute approximate surface area is 192 Å². The van der Waals surface area contributed by atoms with Gasteiger partial charge >= 0.3 is 11.5 Å². The van der Waals surface area contributed by atoms with E-state index >= 15 is 0 Å². The summed E-state index contributed by atoms with van der Waals surface area (Å²) in [6.07, 6.45) is 2.72. The molecule has 4 rings (SSSR count). The van der Waals surface area contributed by atoms with Crippen molar-refractivity contribution in [2.45, 2.75) is 49.2 Å². The Morgan fingerprint density at radius 1 is 1.09 bits per heavy atom. The van der Waals surface area contributed by atoms with Crippen molar-refractivity contribution in [3.8, 4) is 0 Å². The Kier molecular flexibility index (Phi) is 5.85. The van der Waals surface area contributed by atoms with E-state index in [-0.39, 0.29) is 34.8 Å². The zero-order chi connectivity index (χ0) is 24.0. The molecule has 0 spiro atoms. The van der Waals surface area contributed by atoms with Gasteiger partial charge in [-0.15, -0.1) is 0 Å². The number of thioether (sulfide) groups is 1. The fourth-order valence-electron chi connectivity index (χ4n) is 3.96. The van der Waals surface area contributed by atoms with Gasteiger partial charge in [-0.05, 0) is 62.4 Å². The second-order valence-electron chi connectivity index (χ2n) is 8.25. The molecule has 1 aromatic carbocycles. The van der Waals surface area contributed by atoms with E-state index in [2.05, 4.69) is 4.98 Å². The maximum atomic E-state index is 13.3. The van der Waals surface area contributed by atoms with Crippen molar-refractivity contribution in [1.29, 1.82) is 0 Å². The van der Waals surface area contributed by atoms with E-state index in [4.69, 9.17) is 0 Å². The van der Waals surface area contributed by atoms with Gasteiger partial charge in [0.1, 0.15) is 11.4 Å². The highest BCUT2D eigenvalue weighted by Crippen LogP contribution is 2.39. The molecule has 2 aliphatic rings. The van der Waals surface area contributed by atoms with Crippen LogP contribution in [0, 0.1) is 0 Å². The summed E-state index contributed by atoms with van der Waals surface area (Å²) in [5.74, 6) is -0.0779. The minimum absolute atomic E-state index is 0.0447. The fourth-order valence-corrected chi connectivity index (χ4v) is 4.50. The topological polar surface area (TPSA) is 73.8 Å². The number of rotatable bonds is 5. The van der Waals surface area contributed by atoms with Crippen molar-refractivity contribution >= 4 is 41.1 Å². The molecule has 7 nitrogen and oxygen atoms in total. The Balaban J connectivity index is 1.61. The molecule has 4 amide bonds. The number of hydrogen-bond donors (Lipinski definition) is 0. The highest BCUT2D eigenvalue weighted by molar-refractivity contribution is 8.00. The average molecular weight is 478 g/mol. The molecule has 2 aromatic rings.